The smallest absolute Gasteiger partial charge is 0.0615 e. The molecule has 0 unspecified atom stereocenters. The van der Waals surface area contributed by atoms with Crippen LogP contribution in [0.15, 0.2) is 23.3 Å². The molecule has 0 radical (unpaired) electrons. The maximum Gasteiger partial charge on any atom is 0.0615 e. The number of allylic oxidation sites excluding steroid dienone is 3. The second kappa shape index (κ2) is 9.01. The van der Waals surface area contributed by atoms with Gasteiger partial charge in [0.25, 0.3) is 0 Å². The normalized spacial score (nSPS) is 13.4. The van der Waals surface area contributed by atoms with Gasteiger partial charge in [-0.3, -0.25) is 0 Å². The van der Waals surface area contributed by atoms with Crippen LogP contribution in [0.25, 0.3) is 0 Å². The molecule has 0 aliphatic heterocycles. The Morgan fingerprint density at radius 3 is 2.36 bits per heavy atom. The fraction of sp³-hybridized carbons (Fsp3) is 0.692. The van der Waals surface area contributed by atoms with Gasteiger partial charge in [-0.05, 0) is 32.6 Å². The van der Waals surface area contributed by atoms with Gasteiger partial charge in [-0.2, -0.15) is 0 Å². The van der Waals surface area contributed by atoms with Gasteiger partial charge in [0.2, 0.25) is 0 Å². The molecule has 0 saturated carbocycles. The van der Waals surface area contributed by atoms with Crippen LogP contribution in [0.5, 0.6) is 0 Å². The van der Waals surface area contributed by atoms with E-state index in [1.54, 1.807) is 0 Å². The molecule has 0 bridgehead atoms. The van der Waals surface area contributed by atoms with E-state index in [2.05, 4.69) is 26.8 Å². The molecule has 0 aromatic carbocycles. The molecule has 0 fully saturated rings. The van der Waals surface area contributed by atoms with Gasteiger partial charge in [-0.15, -0.1) is 0 Å². The first-order valence-corrected chi connectivity index (χ1v) is 5.68. The third kappa shape index (κ3) is 6.90. The summed E-state index contributed by atoms with van der Waals surface area (Å²) >= 11 is 0. The predicted molar refractivity (Wildman–Crippen MR) is 63.4 cm³/mol. The van der Waals surface area contributed by atoms with E-state index in [9.17, 15) is 0 Å². The fourth-order valence-corrected chi connectivity index (χ4v) is 1.43. The van der Waals surface area contributed by atoms with Crippen molar-refractivity contribution in [3.8, 4) is 0 Å². The van der Waals surface area contributed by atoms with Crippen LogP contribution in [0, 0.1) is 0 Å². The summed E-state index contributed by atoms with van der Waals surface area (Å²) in [5.41, 5.74) is 2.86. The van der Waals surface area contributed by atoms with E-state index in [1.165, 1.54) is 17.6 Å². The van der Waals surface area contributed by atoms with Crippen molar-refractivity contribution < 1.29 is 5.11 Å². The first-order chi connectivity index (χ1) is 6.74. The monoisotopic (exact) mass is 196 g/mol. The maximum absolute atomic E-state index is 8.83. The van der Waals surface area contributed by atoms with Crippen molar-refractivity contribution in [3.63, 3.8) is 0 Å². The summed E-state index contributed by atoms with van der Waals surface area (Å²) in [6.07, 6.45) is 9.92. The Bertz CT molecular complexity index is 189. The quantitative estimate of drug-likeness (QED) is 0.613. The number of aliphatic hydroxyl groups is 1. The van der Waals surface area contributed by atoms with Gasteiger partial charge in [-0.25, -0.2) is 0 Å². The molecule has 82 valence electrons. The summed E-state index contributed by atoms with van der Waals surface area (Å²) in [6.45, 7) is 6.72. The SMILES string of the molecule is CCCC(=CCO)CCC=C(C)CC. The van der Waals surface area contributed by atoms with Gasteiger partial charge in [0.15, 0.2) is 0 Å². The van der Waals surface area contributed by atoms with Crippen molar-refractivity contribution in [1.82, 2.24) is 0 Å². The molecule has 0 aromatic heterocycles. The summed E-state index contributed by atoms with van der Waals surface area (Å²) in [5, 5.41) is 8.83. The Kier molecular flexibility index (Phi) is 8.65. The molecule has 0 heterocycles. The number of rotatable bonds is 7. The molecule has 0 amide bonds. The van der Waals surface area contributed by atoms with Crippen molar-refractivity contribution in [2.24, 2.45) is 0 Å². The molecular weight excluding hydrogens is 172 g/mol. The average Bonchev–Trinajstić information content (AvgIpc) is 2.18. The van der Waals surface area contributed by atoms with Crippen LogP contribution in [0.4, 0.5) is 0 Å². The van der Waals surface area contributed by atoms with Crippen molar-refractivity contribution in [3.05, 3.63) is 23.3 Å². The molecule has 1 nitrogen and oxygen atoms in total. The third-order valence-corrected chi connectivity index (χ3v) is 2.47. The van der Waals surface area contributed by atoms with E-state index in [0.29, 0.717) is 0 Å². The lowest BCUT2D eigenvalue weighted by Gasteiger charge is -2.04. The summed E-state index contributed by atoms with van der Waals surface area (Å²) < 4.78 is 0. The van der Waals surface area contributed by atoms with Gasteiger partial charge in [-0.1, -0.05) is 43.6 Å². The molecule has 0 saturated heterocycles. The molecule has 0 rings (SSSR count). The van der Waals surface area contributed by atoms with Gasteiger partial charge >= 0.3 is 0 Å². The Labute approximate surface area is 88.5 Å². The Morgan fingerprint density at radius 1 is 1.14 bits per heavy atom. The van der Waals surface area contributed by atoms with Crippen molar-refractivity contribution >= 4 is 0 Å². The van der Waals surface area contributed by atoms with Gasteiger partial charge in [0.1, 0.15) is 0 Å². The summed E-state index contributed by atoms with van der Waals surface area (Å²) in [5.74, 6) is 0. The number of hydrogen-bond donors (Lipinski definition) is 1. The molecule has 1 heteroatoms. The van der Waals surface area contributed by atoms with Crippen LogP contribution in [0.1, 0.15) is 52.9 Å². The lowest BCUT2D eigenvalue weighted by molar-refractivity contribution is 0.341. The maximum atomic E-state index is 8.83. The zero-order valence-corrected chi connectivity index (χ0v) is 9.84. The lowest BCUT2D eigenvalue weighted by Crippen LogP contribution is -1.86. The van der Waals surface area contributed by atoms with Crippen LogP contribution in [0.2, 0.25) is 0 Å². The Balaban J connectivity index is 3.88. The largest absolute Gasteiger partial charge is 0.392 e. The summed E-state index contributed by atoms with van der Waals surface area (Å²) in [6, 6.07) is 0. The molecule has 14 heavy (non-hydrogen) atoms. The second-order valence-electron chi connectivity index (χ2n) is 3.74. The average molecular weight is 196 g/mol. The zero-order chi connectivity index (χ0) is 10.8. The van der Waals surface area contributed by atoms with Crippen LogP contribution < -0.4 is 0 Å². The van der Waals surface area contributed by atoms with E-state index >= 15 is 0 Å². The molecular formula is C13H24O. The van der Waals surface area contributed by atoms with E-state index in [4.69, 9.17) is 5.11 Å². The molecule has 0 atom stereocenters. The minimum absolute atomic E-state index is 0.186. The molecule has 0 aromatic rings. The Morgan fingerprint density at radius 2 is 1.86 bits per heavy atom. The fourth-order valence-electron chi connectivity index (χ4n) is 1.43. The summed E-state index contributed by atoms with van der Waals surface area (Å²) in [4.78, 5) is 0. The molecule has 1 N–H and O–H groups in total. The minimum atomic E-state index is 0.186. The highest BCUT2D eigenvalue weighted by Crippen LogP contribution is 2.13. The van der Waals surface area contributed by atoms with Crippen molar-refractivity contribution in [1.29, 1.82) is 0 Å². The van der Waals surface area contributed by atoms with Crippen LogP contribution >= 0.6 is 0 Å². The van der Waals surface area contributed by atoms with E-state index in [0.717, 1.165) is 25.7 Å². The van der Waals surface area contributed by atoms with Gasteiger partial charge < -0.3 is 5.11 Å². The van der Waals surface area contributed by atoms with E-state index < -0.39 is 0 Å². The van der Waals surface area contributed by atoms with Gasteiger partial charge in [0.05, 0.1) is 6.61 Å². The van der Waals surface area contributed by atoms with Gasteiger partial charge in [0, 0.05) is 0 Å². The van der Waals surface area contributed by atoms with Crippen LogP contribution in [-0.4, -0.2) is 11.7 Å². The standard InChI is InChI=1S/C13H24O/c1-4-7-13(10-11-14)9-6-8-12(3)5-2/h8,10,14H,4-7,9,11H2,1-3H3. The first-order valence-electron chi connectivity index (χ1n) is 5.68. The third-order valence-electron chi connectivity index (χ3n) is 2.47. The topological polar surface area (TPSA) is 20.2 Å². The first kappa shape index (κ1) is 13.4. The summed E-state index contributed by atoms with van der Waals surface area (Å²) in [7, 11) is 0. The van der Waals surface area contributed by atoms with Crippen LogP contribution in [-0.2, 0) is 0 Å². The number of aliphatic hydroxyl groups excluding tert-OH is 1. The lowest BCUT2D eigenvalue weighted by atomic mass is 10.0. The molecule has 0 aliphatic rings. The highest BCUT2D eigenvalue weighted by molar-refractivity contribution is 5.05. The highest BCUT2D eigenvalue weighted by Gasteiger charge is 1.94. The van der Waals surface area contributed by atoms with Crippen LogP contribution in [0.3, 0.4) is 0 Å². The molecule has 0 spiro atoms. The van der Waals surface area contributed by atoms with E-state index in [-0.39, 0.29) is 6.61 Å². The predicted octanol–water partition coefficient (Wildman–Crippen LogP) is 3.84. The second-order valence-corrected chi connectivity index (χ2v) is 3.74. The van der Waals surface area contributed by atoms with Crippen molar-refractivity contribution in [2.75, 3.05) is 6.61 Å². The van der Waals surface area contributed by atoms with E-state index in [1.807, 2.05) is 6.08 Å². The number of hydrogen-bond acceptors (Lipinski definition) is 1. The Hall–Kier alpha value is -0.560. The zero-order valence-electron chi connectivity index (χ0n) is 9.84. The highest BCUT2D eigenvalue weighted by atomic mass is 16.2. The molecule has 0 aliphatic carbocycles. The minimum Gasteiger partial charge on any atom is -0.392 e. The van der Waals surface area contributed by atoms with Crippen molar-refractivity contribution in [2.45, 2.75) is 52.9 Å².